The van der Waals surface area contributed by atoms with E-state index in [1.165, 1.54) is 80.6 Å². The summed E-state index contributed by atoms with van der Waals surface area (Å²) in [6, 6.07) is 23.5. The fourth-order valence-electron chi connectivity index (χ4n) is 7.92. The monoisotopic (exact) mass is 664 g/mol. The van der Waals surface area contributed by atoms with Crippen molar-refractivity contribution in [2.45, 2.75) is 115 Å². The number of carbonyl (C=O) groups is 2. The molecule has 2 atom stereocenters. The molecule has 0 aliphatic heterocycles. The average molecular weight is 665 g/mol. The molecule has 262 valence electrons. The van der Waals surface area contributed by atoms with Crippen LogP contribution in [0.1, 0.15) is 134 Å². The molecule has 0 aromatic heterocycles. The number of hydrogen-bond acceptors (Lipinski definition) is 5. The summed E-state index contributed by atoms with van der Waals surface area (Å²) < 4.78 is 16.3. The number of para-hydroxylation sites is 1. The maximum Gasteiger partial charge on any atom is 0.337 e. The molecule has 0 radical (unpaired) electrons. The van der Waals surface area contributed by atoms with E-state index in [4.69, 9.17) is 14.2 Å². The highest BCUT2D eigenvalue weighted by atomic mass is 16.5. The van der Waals surface area contributed by atoms with Crippen LogP contribution in [0.15, 0.2) is 72.8 Å². The van der Waals surface area contributed by atoms with E-state index in [2.05, 4.69) is 72.8 Å². The molecule has 0 amide bonds. The first kappa shape index (κ1) is 36.4. The van der Waals surface area contributed by atoms with Crippen LogP contribution >= 0.6 is 0 Å². The molecule has 5 nitrogen and oxygen atoms in total. The van der Waals surface area contributed by atoms with Gasteiger partial charge in [-0.3, -0.25) is 4.79 Å². The fraction of sp³-hybridized carbons (Fsp3) is 0.500. The largest absolute Gasteiger partial charge is 0.489 e. The van der Waals surface area contributed by atoms with E-state index < -0.39 is 0 Å². The Morgan fingerprint density at radius 3 is 2.41 bits per heavy atom. The molecule has 0 spiro atoms. The molecule has 2 aliphatic rings. The number of allylic oxidation sites excluding steroid dienone is 1. The summed E-state index contributed by atoms with van der Waals surface area (Å²) in [6.45, 7) is 0.553. The Morgan fingerprint density at radius 1 is 0.816 bits per heavy atom. The van der Waals surface area contributed by atoms with Gasteiger partial charge in [-0.25, -0.2) is 4.79 Å². The summed E-state index contributed by atoms with van der Waals surface area (Å²) in [5.41, 5.74) is 7.03. The van der Waals surface area contributed by atoms with Crippen LogP contribution in [0.3, 0.4) is 0 Å². The molecule has 3 aromatic rings. The summed E-state index contributed by atoms with van der Waals surface area (Å²) in [4.78, 5) is 23.8. The lowest BCUT2D eigenvalue weighted by molar-refractivity contribution is -0.140. The molecule has 5 heteroatoms. The van der Waals surface area contributed by atoms with Gasteiger partial charge in [-0.2, -0.15) is 0 Å². The summed E-state index contributed by atoms with van der Waals surface area (Å²) in [5, 5.41) is 0. The van der Waals surface area contributed by atoms with Crippen molar-refractivity contribution in [3.63, 3.8) is 0 Å². The van der Waals surface area contributed by atoms with Crippen LogP contribution in [0.5, 0.6) is 5.75 Å². The van der Waals surface area contributed by atoms with Gasteiger partial charge in [0.1, 0.15) is 12.4 Å². The van der Waals surface area contributed by atoms with Gasteiger partial charge in [0.25, 0.3) is 0 Å². The maximum atomic E-state index is 12.3. The number of fused-ring (bicyclic) bond motifs is 1. The number of benzene rings is 3. The lowest BCUT2D eigenvalue weighted by Gasteiger charge is -2.33. The van der Waals surface area contributed by atoms with Gasteiger partial charge in [0.15, 0.2) is 0 Å². The quantitative estimate of drug-likeness (QED) is 0.106. The van der Waals surface area contributed by atoms with Gasteiger partial charge in [0.2, 0.25) is 0 Å². The van der Waals surface area contributed by atoms with E-state index in [1.54, 1.807) is 0 Å². The first-order valence-electron chi connectivity index (χ1n) is 18.8. The Balaban J connectivity index is 1.22. The SMILES string of the molecule is COC(=O)CCCCCCC(CCc1ccccc1OCc1ccc(/C=C/C2CCCCC2)cc1)C1CCCc2cc(C(=O)OC)ccc21. The minimum atomic E-state index is -0.271. The van der Waals surface area contributed by atoms with Gasteiger partial charge in [-0.05, 0) is 122 Å². The third kappa shape index (κ3) is 11.1. The standard InChI is InChI=1S/C44H56O5/c1-47-43(45)20-9-4-3-8-15-36(40-18-12-17-38-31-39(44(46)48-2)29-30-41(38)40)27-28-37-16-10-11-19-42(37)49-32-35-25-23-34(24-26-35)22-21-33-13-6-5-7-14-33/h10-11,16,19,21-26,29-31,33,36,40H,3-9,12-15,17-18,20,27-28,32H2,1-2H3/b22-21+. The second kappa shape index (κ2) is 19.4. The van der Waals surface area contributed by atoms with Gasteiger partial charge >= 0.3 is 11.9 Å². The third-order valence-corrected chi connectivity index (χ3v) is 10.8. The summed E-state index contributed by atoms with van der Waals surface area (Å²) in [6.07, 6.45) is 22.6. The predicted octanol–water partition coefficient (Wildman–Crippen LogP) is 10.8. The van der Waals surface area contributed by atoms with Crippen LogP contribution in [-0.2, 0) is 33.7 Å². The molecule has 2 unspecified atom stereocenters. The third-order valence-electron chi connectivity index (χ3n) is 10.8. The number of aryl methyl sites for hydroxylation is 2. The van der Waals surface area contributed by atoms with Gasteiger partial charge in [0.05, 0.1) is 19.8 Å². The summed E-state index contributed by atoms with van der Waals surface area (Å²) >= 11 is 0. The van der Waals surface area contributed by atoms with Crippen LogP contribution in [0.25, 0.3) is 6.08 Å². The Labute approximate surface area is 294 Å². The normalized spacial score (nSPS) is 17.0. The molecule has 3 aromatic carbocycles. The van der Waals surface area contributed by atoms with Crippen LogP contribution in [0.4, 0.5) is 0 Å². The van der Waals surface area contributed by atoms with Crippen molar-refractivity contribution in [1.82, 2.24) is 0 Å². The molecule has 1 saturated carbocycles. The number of ether oxygens (including phenoxy) is 3. The van der Waals surface area contributed by atoms with Crippen molar-refractivity contribution in [3.05, 3.63) is 106 Å². The number of hydrogen-bond donors (Lipinski definition) is 0. The highest BCUT2D eigenvalue weighted by molar-refractivity contribution is 5.89. The molecule has 0 N–H and O–H groups in total. The minimum Gasteiger partial charge on any atom is -0.489 e. The lowest BCUT2D eigenvalue weighted by atomic mass is 9.72. The van der Waals surface area contributed by atoms with Gasteiger partial charge in [-0.15, -0.1) is 0 Å². The molecule has 0 saturated heterocycles. The topological polar surface area (TPSA) is 61.8 Å². The van der Waals surface area contributed by atoms with E-state index in [0.717, 1.165) is 69.5 Å². The number of rotatable bonds is 17. The van der Waals surface area contributed by atoms with Crippen molar-refractivity contribution < 1.29 is 23.8 Å². The van der Waals surface area contributed by atoms with Crippen LogP contribution in [0, 0.1) is 11.8 Å². The van der Waals surface area contributed by atoms with Crippen molar-refractivity contribution in [2.24, 2.45) is 11.8 Å². The molecule has 1 fully saturated rings. The average Bonchev–Trinajstić information content (AvgIpc) is 3.16. The van der Waals surface area contributed by atoms with Crippen molar-refractivity contribution in [3.8, 4) is 5.75 Å². The second-order valence-corrected chi connectivity index (χ2v) is 14.1. The fourth-order valence-corrected chi connectivity index (χ4v) is 7.92. The molecule has 49 heavy (non-hydrogen) atoms. The first-order valence-corrected chi connectivity index (χ1v) is 18.8. The number of carbonyl (C=O) groups excluding carboxylic acids is 2. The van der Waals surface area contributed by atoms with E-state index in [-0.39, 0.29) is 11.9 Å². The smallest absolute Gasteiger partial charge is 0.337 e. The van der Waals surface area contributed by atoms with Crippen LogP contribution in [-0.4, -0.2) is 26.2 Å². The lowest BCUT2D eigenvalue weighted by Crippen LogP contribution is -2.20. The van der Waals surface area contributed by atoms with Crippen molar-refractivity contribution in [1.29, 1.82) is 0 Å². The number of esters is 2. The second-order valence-electron chi connectivity index (χ2n) is 14.1. The van der Waals surface area contributed by atoms with Crippen molar-refractivity contribution >= 4 is 18.0 Å². The van der Waals surface area contributed by atoms with Gasteiger partial charge in [-0.1, -0.05) is 99.2 Å². The molecule has 0 bridgehead atoms. The Bertz CT molecular complexity index is 1500. The molecular formula is C44H56O5. The molecular weight excluding hydrogens is 608 g/mol. The first-order chi connectivity index (χ1) is 24.0. The number of methoxy groups -OCH3 is 2. The van der Waals surface area contributed by atoms with E-state index >= 15 is 0 Å². The molecule has 2 aliphatic carbocycles. The Kier molecular flexibility index (Phi) is 14.4. The maximum absolute atomic E-state index is 12.3. The summed E-state index contributed by atoms with van der Waals surface area (Å²) in [5.74, 6) is 2.29. The van der Waals surface area contributed by atoms with E-state index in [1.807, 2.05) is 6.07 Å². The van der Waals surface area contributed by atoms with Gasteiger partial charge in [0, 0.05) is 6.42 Å². The number of unbranched alkanes of at least 4 members (excludes halogenated alkanes) is 3. The zero-order chi connectivity index (χ0) is 34.3. The Hall–Kier alpha value is -3.86. The highest BCUT2D eigenvalue weighted by Crippen LogP contribution is 2.42. The van der Waals surface area contributed by atoms with Gasteiger partial charge < -0.3 is 14.2 Å². The van der Waals surface area contributed by atoms with E-state index in [0.29, 0.717) is 30.4 Å². The predicted molar refractivity (Wildman–Crippen MR) is 198 cm³/mol. The van der Waals surface area contributed by atoms with E-state index in [9.17, 15) is 9.59 Å². The Morgan fingerprint density at radius 2 is 1.61 bits per heavy atom. The van der Waals surface area contributed by atoms with Crippen molar-refractivity contribution in [2.75, 3.05) is 14.2 Å². The van der Waals surface area contributed by atoms with Crippen LogP contribution in [0.2, 0.25) is 0 Å². The summed E-state index contributed by atoms with van der Waals surface area (Å²) in [7, 11) is 2.90. The minimum absolute atomic E-state index is 0.122. The zero-order valence-corrected chi connectivity index (χ0v) is 29.8. The molecule has 5 rings (SSSR count). The highest BCUT2D eigenvalue weighted by Gasteiger charge is 2.28. The van der Waals surface area contributed by atoms with Crippen LogP contribution < -0.4 is 4.74 Å². The zero-order valence-electron chi connectivity index (χ0n) is 29.8. The molecule has 0 heterocycles.